The van der Waals surface area contributed by atoms with Crippen molar-refractivity contribution in [2.24, 2.45) is 5.92 Å². The molecule has 1 saturated heterocycles. The Balaban J connectivity index is 2.20. The average Bonchev–Trinajstić information content (AvgIpc) is 2.85. The molecule has 2 N–H and O–H groups in total. The third-order valence-electron chi connectivity index (χ3n) is 3.88. The highest BCUT2D eigenvalue weighted by molar-refractivity contribution is 5.95. The van der Waals surface area contributed by atoms with Gasteiger partial charge >= 0.3 is 5.97 Å². The lowest BCUT2D eigenvalue weighted by Gasteiger charge is -2.25. The molecule has 0 radical (unpaired) electrons. The van der Waals surface area contributed by atoms with Gasteiger partial charge in [0.05, 0.1) is 12.6 Å². The molecule has 21 heavy (non-hydrogen) atoms. The maximum absolute atomic E-state index is 12.5. The van der Waals surface area contributed by atoms with E-state index in [2.05, 4.69) is 0 Å². The monoisotopic (exact) mass is 289 g/mol. The highest BCUT2D eigenvalue weighted by atomic mass is 16.4. The van der Waals surface area contributed by atoms with Gasteiger partial charge in [-0.25, -0.2) is 4.79 Å². The van der Waals surface area contributed by atoms with E-state index in [1.165, 1.54) is 6.08 Å². The van der Waals surface area contributed by atoms with E-state index >= 15 is 0 Å². The van der Waals surface area contributed by atoms with E-state index in [4.69, 9.17) is 5.11 Å². The van der Waals surface area contributed by atoms with Gasteiger partial charge in [-0.2, -0.15) is 0 Å². The predicted molar refractivity (Wildman–Crippen MR) is 78.8 cm³/mol. The second kappa shape index (κ2) is 6.54. The van der Waals surface area contributed by atoms with Crippen LogP contribution < -0.4 is 0 Å². The summed E-state index contributed by atoms with van der Waals surface area (Å²) in [6.45, 7) is 2.63. The molecule has 1 aliphatic rings. The summed E-state index contributed by atoms with van der Waals surface area (Å²) in [7, 11) is 0. The first-order valence-corrected chi connectivity index (χ1v) is 6.96. The molecule has 2 unspecified atom stereocenters. The Morgan fingerprint density at radius 1 is 1.43 bits per heavy atom. The zero-order valence-electron chi connectivity index (χ0n) is 11.9. The predicted octanol–water partition coefficient (Wildman–Crippen LogP) is 1.63. The smallest absolute Gasteiger partial charge is 0.328 e. The Morgan fingerprint density at radius 2 is 2.19 bits per heavy atom. The lowest BCUT2D eigenvalue weighted by molar-refractivity contribution is -0.131. The summed E-state index contributed by atoms with van der Waals surface area (Å²) >= 11 is 0. The molecule has 1 amide bonds. The number of aliphatic carboxylic acids is 1. The molecule has 5 nitrogen and oxygen atoms in total. The number of carboxylic acids is 1. The first-order valence-electron chi connectivity index (χ1n) is 6.96. The Hall–Kier alpha value is -2.14. The van der Waals surface area contributed by atoms with Gasteiger partial charge in [-0.3, -0.25) is 4.79 Å². The van der Waals surface area contributed by atoms with E-state index in [1.807, 2.05) is 6.92 Å². The molecule has 1 aliphatic heterocycles. The van der Waals surface area contributed by atoms with Crippen LogP contribution in [-0.2, 0) is 4.79 Å². The minimum Gasteiger partial charge on any atom is -0.478 e. The molecule has 2 rings (SSSR count). The van der Waals surface area contributed by atoms with Crippen LogP contribution in [0, 0.1) is 5.92 Å². The summed E-state index contributed by atoms with van der Waals surface area (Å²) in [6, 6.07) is 6.70. The van der Waals surface area contributed by atoms with Gasteiger partial charge in [-0.1, -0.05) is 19.1 Å². The molecule has 5 heteroatoms. The van der Waals surface area contributed by atoms with Gasteiger partial charge in [-0.15, -0.1) is 0 Å². The molecular formula is C16H19NO4. The number of carbonyl (C=O) groups is 2. The first-order chi connectivity index (χ1) is 10.0. The van der Waals surface area contributed by atoms with E-state index < -0.39 is 5.97 Å². The summed E-state index contributed by atoms with van der Waals surface area (Å²) in [5.41, 5.74) is 1.17. The molecule has 112 valence electrons. The number of hydrogen-bond acceptors (Lipinski definition) is 3. The highest BCUT2D eigenvalue weighted by Crippen LogP contribution is 2.25. The van der Waals surface area contributed by atoms with Gasteiger partial charge in [0.15, 0.2) is 0 Å². The van der Waals surface area contributed by atoms with Crippen molar-refractivity contribution in [2.75, 3.05) is 13.2 Å². The number of aliphatic hydroxyl groups is 1. The largest absolute Gasteiger partial charge is 0.478 e. The number of benzene rings is 1. The highest BCUT2D eigenvalue weighted by Gasteiger charge is 2.34. The molecule has 2 atom stereocenters. The molecule has 1 aromatic carbocycles. The number of rotatable bonds is 4. The van der Waals surface area contributed by atoms with Crippen LogP contribution in [0.5, 0.6) is 0 Å². The second-order valence-electron chi connectivity index (χ2n) is 5.31. The van der Waals surface area contributed by atoms with E-state index in [0.29, 0.717) is 17.7 Å². The van der Waals surface area contributed by atoms with Gasteiger partial charge < -0.3 is 15.1 Å². The van der Waals surface area contributed by atoms with Gasteiger partial charge in [0.2, 0.25) is 0 Å². The first kappa shape index (κ1) is 15.3. The van der Waals surface area contributed by atoms with Gasteiger partial charge in [0, 0.05) is 18.2 Å². The van der Waals surface area contributed by atoms with Crippen LogP contribution in [0.1, 0.15) is 29.3 Å². The Labute approximate surface area is 123 Å². The number of amides is 1. The van der Waals surface area contributed by atoms with E-state index in [0.717, 1.165) is 12.5 Å². The minimum absolute atomic E-state index is 0.0362. The summed E-state index contributed by atoms with van der Waals surface area (Å²) in [5, 5.41) is 18.1. The quantitative estimate of drug-likeness (QED) is 0.826. The second-order valence-corrected chi connectivity index (χ2v) is 5.31. The maximum Gasteiger partial charge on any atom is 0.328 e. The van der Waals surface area contributed by atoms with Crippen LogP contribution in [0.3, 0.4) is 0 Å². The Morgan fingerprint density at radius 3 is 2.86 bits per heavy atom. The van der Waals surface area contributed by atoms with E-state index in [-0.39, 0.29) is 24.5 Å². The molecule has 0 aromatic heterocycles. The molecule has 1 aromatic rings. The summed E-state index contributed by atoms with van der Waals surface area (Å²) < 4.78 is 0. The van der Waals surface area contributed by atoms with Crippen molar-refractivity contribution in [3.8, 4) is 0 Å². The molecule has 1 heterocycles. The third-order valence-corrected chi connectivity index (χ3v) is 3.88. The summed E-state index contributed by atoms with van der Waals surface area (Å²) in [4.78, 5) is 24.8. The number of hydrogen-bond donors (Lipinski definition) is 2. The standard InChI is InChI=1S/C16H19NO4/c1-11-7-8-17(14(11)10-18)16(21)13-4-2-3-12(9-13)5-6-15(19)20/h2-6,9,11,14,18H,7-8,10H2,1H3,(H,19,20)/b6-5+. The van der Waals surface area contributed by atoms with Crippen molar-refractivity contribution >= 4 is 18.0 Å². The number of aliphatic hydroxyl groups excluding tert-OH is 1. The lowest BCUT2D eigenvalue weighted by atomic mass is 10.0. The summed E-state index contributed by atoms with van der Waals surface area (Å²) in [6.07, 6.45) is 3.38. The molecule has 1 fully saturated rings. The van der Waals surface area contributed by atoms with Crippen molar-refractivity contribution in [1.29, 1.82) is 0 Å². The lowest BCUT2D eigenvalue weighted by Crippen LogP contribution is -2.39. The average molecular weight is 289 g/mol. The zero-order chi connectivity index (χ0) is 15.4. The van der Waals surface area contributed by atoms with Crippen LogP contribution in [0.2, 0.25) is 0 Å². The van der Waals surface area contributed by atoms with Crippen LogP contribution in [0.15, 0.2) is 30.3 Å². The van der Waals surface area contributed by atoms with E-state index in [1.54, 1.807) is 29.2 Å². The number of carbonyl (C=O) groups excluding carboxylic acids is 1. The molecular weight excluding hydrogens is 270 g/mol. The molecule has 0 bridgehead atoms. The van der Waals surface area contributed by atoms with Crippen molar-refractivity contribution in [2.45, 2.75) is 19.4 Å². The number of nitrogens with zero attached hydrogens (tertiary/aromatic N) is 1. The Kier molecular flexibility index (Phi) is 4.75. The van der Waals surface area contributed by atoms with Crippen LogP contribution >= 0.6 is 0 Å². The summed E-state index contributed by atoms with van der Waals surface area (Å²) in [5.74, 6) is -0.863. The topological polar surface area (TPSA) is 77.8 Å². The number of likely N-dealkylation sites (tertiary alicyclic amines) is 1. The third kappa shape index (κ3) is 3.49. The van der Waals surface area contributed by atoms with Crippen LogP contribution in [-0.4, -0.2) is 46.2 Å². The van der Waals surface area contributed by atoms with Gasteiger partial charge in [0.25, 0.3) is 5.91 Å². The van der Waals surface area contributed by atoms with Crippen molar-refractivity contribution < 1.29 is 19.8 Å². The number of carboxylic acid groups (broad SMARTS) is 1. The normalized spacial score (nSPS) is 21.9. The van der Waals surface area contributed by atoms with Crippen molar-refractivity contribution in [3.63, 3.8) is 0 Å². The Bertz CT molecular complexity index is 567. The molecule has 0 saturated carbocycles. The minimum atomic E-state index is -1.03. The molecule has 0 spiro atoms. The van der Waals surface area contributed by atoms with Crippen molar-refractivity contribution in [3.05, 3.63) is 41.5 Å². The van der Waals surface area contributed by atoms with Crippen molar-refractivity contribution in [1.82, 2.24) is 4.90 Å². The SMILES string of the molecule is CC1CCN(C(=O)c2cccc(/C=C/C(=O)O)c2)C1CO. The molecule has 0 aliphatic carbocycles. The fourth-order valence-corrected chi connectivity index (χ4v) is 2.65. The van der Waals surface area contributed by atoms with Crippen LogP contribution in [0.25, 0.3) is 6.08 Å². The fraction of sp³-hybridized carbons (Fsp3) is 0.375. The van der Waals surface area contributed by atoms with Gasteiger partial charge in [-0.05, 0) is 36.1 Å². The maximum atomic E-state index is 12.5. The zero-order valence-corrected chi connectivity index (χ0v) is 11.9. The van der Waals surface area contributed by atoms with Gasteiger partial charge in [0.1, 0.15) is 0 Å². The van der Waals surface area contributed by atoms with Crippen LogP contribution in [0.4, 0.5) is 0 Å². The fourth-order valence-electron chi connectivity index (χ4n) is 2.65. The van der Waals surface area contributed by atoms with E-state index in [9.17, 15) is 14.7 Å².